The average molecular weight is 423 g/mol. The van der Waals surface area contributed by atoms with Gasteiger partial charge in [0.25, 0.3) is 0 Å². The van der Waals surface area contributed by atoms with E-state index in [0.717, 1.165) is 12.8 Å². The van der Waals surface area contributed by atoms with Gasteiger partial charge in [-0.15, -0.1) is 0 Å². The van der Waals surface area contributed by atoms with Crippen LogP contribution in [0.25, 0.3) is 0 Å². The molecule has 29 heavy (non-hydrogen) atoms. The summed E-state index contributed by atoms with van der Waals surface area (Å²) in [7, 11) is -0.754. The molecule has 9 nitrogen and oxygen atoms in total. The standard InChI is InChI=1S/C19H26N4O5S/c1-27-17-6-5-16(13-18(17)28-2)29(25,26)23-11-9-21(10-12-23)19(24)14-22(8-7-20)15-3-4-15/h5-6,13,15H,3-4,8-12,14H2,1-2H3. The molecule has 1 saturated heterocycles. The van der Waals surface area contributed by atoms with Crippen molar-refractivity contribution < 1.29 is 22.7 Å². The number of amides is 1. The molecule has 1 aromatic carbocycles. The summed E-state index contributed by atoms with van der Waals surface area (Å²) < 4.78 is 37.7. The van der Waals surface area contributed by atoms with Gasteiger partial charge in [-0.1, -0.05) is 0 Å². The van der Waals surface area contributed by atoms with Crippen molar-refractivity contribution in [2.24, 2.45) is 0 Å². The Morgan fingerprint density at radius 2 is 1.83 bits per heavy atom. The molecule has 0 bridgehead atoms. The van der Waals surface area contributed by atoms with Gasteiger partial charge in [0.05, 0.1) is 38.3 Å². The van der Waals surface area contributed by atoms with E-state index in [-0.39, 0.29) is 37.0 Å². The fourth-order valence-corrected chi connectivity index (χ4v) is 4.86. The zero-order valence-corrected chi connectivity index (χ0v) is 17.5. The lowest BCUT2D eigenvalue weighted by molar-refractivity contribution is -0.133. The Kier molecular flexibility index (Phi) is 6.62. The number of carbonyl (C=O) groups excluding carboxylic acids is 1. The van der Waals surface area contributed by atoms with E-state index in [2.05, 4.69) is 6.07 Å². The summed E-state index contributed by atoms with van der Waals surface area (Å²) in [4.78, 5) is 16.3. The number of hydrogen-bond donors (Lipinski definition) is 0. The minimum absolute atomic E-state index is 0.0599. The summed E-state index contributed by atoms with van der Waals surface area (Å²) in [5.74, 6) is 0.745. The van der Waals surface area contributed by atoms with Crippen molar-refractivity contribution in [2.45, 2.75) is 23.8 Å². The second-order valence-corrected chi connectivity index (χ2v) is 9.03. The van der Waals surface area contributed by atoms with Gasteiger partial charge in [-0.25, -0.2) is 8.42 Å². The van der Waals surface area contributed by atoms with Gasteiger partial charge in [-0.2, -0.15) is 9.57 Å². The van der Waals surface area contributed by atoms with Crippen LogP contribution in [0.2, 0.25) is 0 Å². The number of sulfonamides is 1. The minimum Gasteiger partial charge on any atom is -0.493 e. The van der Waals surface area contributed by atoms with Crippen molar-refractivity contribution in [3.63, 3.8) is 0 Å². The normalized spacial score (nSPS) is 17.8. The lowest BCUT2D eigenvalue weighted by atomic mass is 10.3. The molecule has 1 aliphatic carbocycles. The number of hydrogen-bond acceptors (Lipinski definition) is 7. The predicted molar refractivity (Wildman–Crippen MR) is 105 cm³/mol. The van der Waals surface area contributed by atoms with Gasteiger partial charge in [0, 0.05) is 38.3 Å². The van der Waals surface area contributed by atoms with Crippen molar-refractivity contribution in [3.8, 4) is 17.6 Å². The van der Waals surface area contributed by atoms with E-state index in [1.54, 1.807) is 11.0 Å². The van der Waals surface area contributed by atoms with Crippen LogP contribution in [0.3, 0.4) is 0 Å². The quantitative estimate of drug-likeness (QED) is 0.563. The lowest BCUT2D eigenvalue weighted by Crippen LogP contribution is -2.52. The first-order chi connectivity index (χ1) is 13.9. The first-order valence-corrected chi connectivity index (χ1v) is 11.0. The van der Waals surface area contributed by atoms with E-state index in [4.69, 9.17) is 14.7 Å². The predicted octanol–water partition coefficient (Wildman–Crippen LogP) is 0.525. The lowest BCUT2D eigenvalue weighted by Gasteiger charge is -2.35. The Hall–Kier alpha value is -2.35. The van der Waals surface area contributed by atoms with E-state index >= 15 is 0 Å². The first kappa shape index (κ1) is 21.4. The Morgan fingerprint density at radius 1 is 1.17 bits per heavy atom. The molecular weight excluding hydrogens is 396 g/mol. The van der Waals surface area contributed by atoms with Crippen molar-refractivity contribution >= 4 is 15.9 Å². The van der Waals surface area contributed by atoms with Crippen molar-refractivity contribution in [2.75, 3.05) is 53.5 Å². The molecular formula is C19H26N4O5S. The molecule has 0 spiro atoms. The van der Waals surface area contributed by atoms with Crippen LogP contribution in [-0.4, -0.2) is 88.0 Å². The number of carbonyl (C=O) groups is 1. The van der Waals surface area contributed by atoms with E-state index < -0.39 is 10.0 Å². The van der Waals surface area contributed by atoms with Gasteiger partial charge >= 0.3 is 0 Å². The topological polar surface area (TPSA) is 103 Å². The number of piperazine rings is 1. The summed E-state index contributed by atoms with van der Waals surface area (Å²) in [6, 6.07) is 6.93. The number of nitrogens with zero attached hydrogens (tertiary/aromatic N) is 4. The third kappa shape index (κ3) is 4.80. The molecule has 3 rings (SSSR count). The molecule has 1 aliphatic heterocycles. The molecule has 2 fully saturated rings. The number of ether oxygens (including phenoxy) is 2. The maximum absolute atomic E-state index is 13.0. The zero-order chi connectivity index (χ0) is 21.0. The third-order valence-corrected chi connectivity index (χ3v) is 7.15. The minimum atomic E-state index is -3.70. The average Bonchev–Trinajstić information content (AvgIpc) is 3.58. The second kappa shape index (κ2) is 8.98. The Balaban J connectivity index is 1.62. The summed E-state index contributed by atoms with van der Waals surface area (Å²) in [5, 5.41) is 8.93. The van der Waals surface area contributed by atoms with Crippen LogP contribution in [0.4, 0.5) is 0 Å². The number of methoxy groups -OCH3 is 2. The summed E-state index contributed by atoms with van der Waals surface area (Å²) in [6.07, 6.45) is 2.04. The van der Waals surface area contributed by atoms with Crippen LogP contribution < -0.4 is 9.47 Å². The first-order valence-electron chi connectivity index (χ1n) is 9.51. The molecule has 0 unspecified atom stereocenters. The maximum atomic E-state index is 13.0. The van der Waals surface area contributed by atoms with Crippen LogP contribution >= 0.6 is 0 Å². The smallest absolute Gasteiger partial charge is 0.243 e. The van der Waals surface area contributed by atoms with E-state index in [9.17, 15) is 13.2 Å². The number of nitriles is 1. The third-order valence-electron chi connectivity index (χ3n) is 5.26. The van der Waals surface area contributed by atoms with Gasteiger partial charge in [-0.05, 0) is 25.0 Å². The van der Waals surface area contributed by atoms with E-state index in [1.807, 2.05) is 4.90 Å². The highest BCUT2D eigenvalue weighted by molar-refractivity contribution is 7.89. The molecule has 0 atom stereocenters. The molecule has 158 valence electrons. The second-order valence-electron chi connectivity index (χ2n) is 7.10. The van der Waals surface area contributed by atoms with E-state index in [1.165, 1.54) is 30.7 Å². The molecule has 1 amide bonds. The Bertz CT molecular complexity index is 886. The monoisotopic (exact) mass is 422 g/mol. The van der Waals surface area contributed by atoms with Crippen LogP contribution in [0, 0.1) is 11.3 Å². The van der Waals surface area contributed by atoms with Crippen LogP contribution in [0.1, 0.15) is 12.8 Å². The van der Waals surface area contributed by atoms with Crippen molar-refractivity contribution in [1.29, 1.82) is 5.26 Å². The van der Waals surface area contributed by atoms with Crippen molar-refractivity contribution in [1.82, 2.24) is 14.1 Å². The van der Waals surface area contributed by atoms with Gasteiger partial charge in [0.1, 0.15) is 0 Å². The Morgan fingerprint density at radius 3 is 2.38 bits per heavy atom. The van der Waals surface area contributed by atoms with Crippen LogP contribution in [0.15, 0.2) is 23.1 Å². The van der Waals surface area contributed by atoms with Gasteiger partial charge < -0.3 is 14.4 Å². The van der Waals surface area contributed by atoms with E-state index in [0.29, 0.717) is 30.6 Å². The van der Waals surface area contributed by atoms with Gasteiger partial charge in [-0.3, -0.25) is 9.69 Å². The van der Waals surface area contributed by atoms with Gasteiger partial charge in [0.2, 0.25) is 15.9 Å². The summed E-state index contributed by atoms with van der Waals surface area (Å²) in [6.45, 7) is 1.56. The largest absolute Gasteiger partial charge is 0.493 e. The molecule has 0 N–H and O–H groups in total. The molecule has 1 aromatic rings. The molecule has 10 heteroatoms. The highest BCUT2D eigenvalue weighted by Crippen LogP contribution is 2.31. The zero-order valence-electron chi connectivity index (χ0n) is 16.7. The van der Waals surface area contributed by atoms with Crippen LogP contribution in [-0.2, 0) is 14.8 Å². The maximum Gasteiger partial charge on any atom is 0.243 e. The van der Waals surface area contributed by atoms with Crippen molar-refractivity contribution in [3.05, 3.63) is 18.2 Å². The summed E-state index contributed by atoms with van der Waals surface area (Å²) in [5.41, 5.74) is 0. The Labute approximate surface area is 171 Å². The molecule has 2 aliphatic rings. The highest BCUT2D eigenvalue weighted by atomic mass is 32.2. The molecule has 1 saturated carbocycles. The highest BCUT2D eigenvalue weighted by Gasteiger charge is 2.34. The van der Waals surface area contributed by atoms with Crippen LogP contribution in [0.5, 0.6) is 11.5 Å². The SMILES string of the molecule is COc1ccc(S(=O)(=O)N2CCN(C(=O)CN(CC#N)C3CC3)CC2)cc1OC. The molecule has 0 radical (unpaired) electrons. The summed E-state index contributed by atoms with van der Waals surface area (Å²) >= 11 is 0. The molecule has 0 aromatic heterocycles. The molecule has 1 heterocycles. The number of rotatable bonds is 8. The number of benzene rings is 1. The fraction of sp³-hybridized carbons (Fsp3) is 0.579. The fourth-order valence-electron chi connectivity index (χ4n) is 3.42. The van der Waals surface area contributed by atoms with Gasteiger partial charge in [0.15, 0.2) is 11.5 Å².